The van der Waals surface area contributed by atoms with E-state index in [0.717, 1.165) is 17.1 Å². The van der Waals surface area contributed by atoms with Crippen LogP contribution in [-0.4, -0.2) is 60.4 Å². The number of rotatable bonds is 5. The van der Waals surface area contributed by atoms with Crippen LogP contribution in [-0.2, 0) is 11.3 Å². The lowest BCUT2D eigenvalue weighted by atomic mass is 10.1. The van der Waals surface area contributed by atoms with E-state index in [9.17, 15) is 4.79 Å². The number of carbonyl (C=O) groups excluding carboxylic acids is 1. The standard InChI is InChI=1S/C18H20N4O4/c1-24-14-6-4-3-5-12(14)8-22-13-9-21(10-15(13)26-18(22)23)16-7-17(25-2)20-11-19-16/h3-7,11,13,15H,8-10H2,1-2H3/t13-,15+/m1/s1. The van der Waals surface area contributed by atoms with Gasteiger partial charge in [0.1, 0.15) is 24.0 Å². The van der Waals surface area contributed by atoms with Crippen LogP contribution in [0.15, 0.2) is 36.7 Å². The predicted molar refractivity (Wildman–Crippen MR) is 93.4 cm³/mol. The molecule has 1 amide bonds. The summed E-state index contributed by atoms with van der Waals surface area (Å²) in [5.41, 5.74) is 0.953. The molecular formula is C18H20N4O4. The molecule has 4 rings (SSSR count). The maximum absolute atomic E-state index is 12.3. The Morgan fingerprint density at radius 1 is 1.19 bits per heavy atom. The molecule has 0 N–H and O–H groups in total. The minimum atomic E-state index is -0.286. The second-order valence-electron chi connectivity index (χ2n) is 6.25. The van der Waals surface area contributed by atoms with Gasteiger partial charge in [-0.1, -0.05) is 18.2 Å². The Labute approximate surface area is 151 Å². The Morgan fingerprint density at radius 2 is 2.04 bits per heavy atom. The molecule has 8 nitrogen and oxygen atoms in total. The number of methoxy groups -OCH3 is 2. The van der Waals surface area contributed by atoms with E-state index < -0.39 is 0 Å². The maximum Gasteiger partial charge on any atom is 0.410 e. The van der Waals surface area contributed by atoms with Gasteiger partial charge in [0.25, 0.3) is 0 Å². The van der Waals surface area contributed by atoms with E-state index in [4.69, 9.17) is 14.2 Å². The number of hydrogen-bond acceptors (Lipinski definition) is 7. The topological polar surface area (TPSA) is 77.0 Å². The van der Waals surface area contributed by atoms with E-state index in [1.807, 2.05) is 24.3 Å². The van der Waals surface area contributed by atoms with Gasteiger partial charge in [0.2, 0.25) is 5.88 Å². The van der Waals surface area contributed by atoms with Gasteiger partial charge < -0.3 is 19.1 Å². The number of hydrogen-bond donors (Lipinski definition) is 0. The van der Waals surface area contributed by atoms with Gasteiger partial charge in [-0.3, -0.25) is 4.90 Å². The largest absolute Gasteiger partial charge is 0.496 e. The van der Waals surface area contributed by atoms with Crippen LogP contribution in [0.2, 0.25) is 0 Å². The summed E-state index contributed by atoms with van der Waals surface area (Å²) in [6, 6.07) is 9.45. The molecule has 1 aromatic heterocycles. The van der Waals surface area contributed by atoms with E-state index in [-0.39, 0.29) is 18.2 Å². The molecular weight excluding hydrogens is 336 g/mol. The predicted octanol–water partition coefficient (Wildman–Crippen LogP) is 1.70. The number of ether oxygens (including phenoxy) is 3. The van der Waals surface area contributed by atoms with Crippen molar-refractivity contribution in [3.8, 4) is 11.6 Å². The molecule has 2 fully saturated rings. The van der Waals surface area contributed by atoms with Gasteiger partial charge >= 0.3 is 6.09 Å². The van der Waals surface area contributed by atoms with Crippen molar-refractivity contribution in [1.29, 1.82) is 0 Å². The third-order valence-corrected chi connectivity index (χ3v) is 4.82. The molecule has 2 aliphatic rings. The minimum absolute atomic E-state index is 0.0339. The number of para-hydroxylation sites is 1. The Kier molecular flexibility index (Phi) is 4.24. The summed E-state index contributed by atoms with van der Waals surface area (Å²) >= 11 is 0. The number of aromatic nitrogens is 2. The molecule has 3 heterocycles. The lowest BCUT2D eigenvalue weighted by Gasteiger charge is -2.23. The first-order valence-corrected chi connectivity index (χ1v) is 8.39. The number of benzene rings is 1. The number of anilines is 1. The Bertz CT molecular complexity index is 815. The quantitative estimate of drug-likeness (QED) is 0.807. The first kappa shape index (κ1) is 16.4. The van der Waals surface area contributed by atoms with Crippen molar-refractivity contribution < 1.29 is 19.0 Å². The van der Waals surface area contributed by atoms with E-state index in [1.54, 1.807) is 25.2 Å². The summed E-state index contributed by atoms with van der Waals surface area (Å²) in [7, 11) is 3.20. The molecule has 0 saturated carbocycles. The summed E-state index contributed by atoms with van der Waals surface area (Å²) in [4.78, 5) is 24.5. The summed E-state index contributed by atoms with van der Waals surface area (Å²) < 4.78 is 16.1. The zero-order chi connectivity index (χ0) is 18.1. The van der Waals surface area contributed by atoms with Crippen LogP contribution in [0.5, 0.6) is 11.6 Å². The van der Waals surface area contributed by atoms with Gasteiger partial charge in [0, 0.05) is 18.2 Å². The molecule has 0 unspecified atom stereocenters. The maximum atomic E-state index is 12.3. The number of carbonyl (C=O) groups is 1. The SMILES string of the molecule is COc1cc(N2C[C@@H]3OC(=O)N(Cc4ccccc4OC)[C@@H]3C2)ncn1. The van der Waals surface area contributed by atoms with Crippen LogP contribution in [0, 0.1) is 0 Å². The van der Waals surface area contributed by atoms with E-state index in [1.165, 1.54) is 6.33 Å². The van der Waals surface area contributed by atoms with Crippen molar-refractivity contribution in [2.45, 2.75) is 18.7 Å². The van der Waals surface area contributed by atoms with Gasteiger partial charge in [0.05, 0.1) is 33.4 Å². The van der Waals surface area contributed by atoms with E-state index in [0.29, 0.717) is 25.5 Å². The van der Waals surface area contributed by atoms with Crippen molar-refractivity contribution >= 4 is 11.9 Å². The molecule has 0 radical (unpaired) electrons. The van der Waals surface area contributed by atoms with Gasteiger partial charge in [0.15, 0.2) is 0 Å². The van der Waals surface area contributed by atoms with Crippen LogP contribution >= 0.6 is 0 Å². The zero-order valence-corrected chi connectivity index (χ0v) is 14.7. The third-order valence-electron chi connectivity index (χ3n) is 4.82. The Balaban J connectivity index is 1.53. The summed E-state index contributed by atoms with van der Waals surface area (Å²) in [5.74, 6) is 2.04. The summed E-state index contributed by atoms with van der Waals surface area (Å²) in [5, 5.41) is 0. The van der Waals surface area contributed by atoms with Gasteiger partial charge in [-0.15, -0.1) is 0 Å². The zero-order valence-electron chi connectivity index (χ0n) is 14.7. The second-order valence-corrected chi connectivity index (χ2v) is 6.25. The first-order valence-electron chi connectivity index (χ1n) is 8.39. The molecule has 136 valence electrons. The fourth-order valence-corrected chi connectivity index (χ4v) is 3.50. The Hall–Kier alpha value is -3.03. The molecule has 0 aliphatic carbocycles. The van der Waals surface area contributed by atoms with Gasteiger partial charge in [-0.05, 0) is 6.07 Å². The monoisotopic (exact) mass is 356 g/mol. The number of fused-ring (bicyclic) bond motifs is 1. The van der Waals surface area contributed by atoms with Crippen molar-refractivity contribution in [3.05, 3.63) is 42.2 Å². The van der Waals surface area contributed by atoms with Crippen LogP contribution in [0.3, 0.4) is 0 Å². The number of nitrogens with zero attached hydrogens (tertiary/aromatic N) is 4. The van der Waals surface area contributed by atoms with Crippen molar-refractivity contribution in [3.63, 3.8) is 0 Å². The average Bonchev–Trinajstić information content (AvgIpc) is 3.21. The molecule has 8 heteroatoms. The van der Waals surface area contributed by atoms with Crippen LogP contribution in [0.1, 0.15) is 5.56 Å². The molecule has 2 aliphatic heterocycles. The summed E-state index contributed by atoms with van der Waals surface area (Å²) in [6.45, 7) is 1.69. The van der Waals surface area contributed by atoms with E-state index >= 15 is 0 Å². The molecule has 2 saturated heterocycles. The van der Waals surface area contributed by atoms with Gasteiger partial charge in [-0.25, -0.2) is 14.8 Å². The first-order chi connectivity index (χ1) is 12.7. The minimum Gasteiger partial charge on any atom is -0.496 e. The number of amides is 1. The molecule has 1 aromatic carbocycles. The molecule has 26 heavy (non-hydrogen) atoms. The van der Waals surface area contributed by atoms with Crippen LogP contribution < -0.4 is 14.4 Å². The molecule has 2 aromatic rings. The highest BCUT2D eigenvalue weighted by atomic mass is 16.6. The molecule has 2 atom stereocenters. The second kappa shape index (κ2) is 6.70. The highest BCUT2D eigenvalue weighted by Gasteiger charge is 2.48. The highest BCUT2D eigenvalue weighted by molar-refractivity contribution is 5.72. The average molecular weight is 356 g/mol. The van der Waals surface area contributed by atoms with Crippen molar-refractivity contribution in [2.75, 3.05) is 32.2 Å². The molecule has 0 bridgehead atoms. The molecule has 0 spiro atoms. The lowest BCUT2D eigenvalue weighted by molar-refractivity contribution is 0.135. The van der Waals surface area contributed by atoms with Gasteiger partial charge in [-0.2, -0.15) is 0 Å². The fraction of sp³-hybridized carbons (Fsp3) is 0.389. The van der Waals surface area contributed by atoms with E-state index in [2.05, 4.69) is 14.9 Å². The van der Waals surface area contributed by atoms with Crippen LogP contribution in [0.4, 0.5) is 10.6 Å². The Morgan fingerprint density at radius 3 is 2.85 bits per heavy atom. The third kappa shape index (κ3) is 2.87. The van der Waals surface area contributed by atoms with Crippen LogP contribution in [0.25, 0.3) is 0 Å². The van der Waals surface area contributed by atoms with Crippen molar-refractivity contribution in [1.82, 2.24) is 14.9 Å². The lowest BCUT2D eigenvalue weighted by Crippen LogP contribution is -2.37. The summed E-state index contributed by atoms with van der Waals surface area (Å²) in [6.07, 6.45) is 1.00. The fourth-order valence-electron chi connectivity index (χ4n) is 3.50. The normalized spacial score (nSPS) is 21.5. The smallest absolute Gasteiger partial charge is 0.410 e. The highest BCUT2D eigenvalue weighted by Crippen LogP contribution is 2.32. The van der Waals surface area contributed by atoms with Crippen molar-refractivity contribution in [2.24, 2.45) is 0 Å².